The van der Waals surface area contributed by atoms with Crippen molar-refractivity contribution in [2.45, 2.75) is 27.2 Å². The number of carbonyl (C=O) groups is 2. The number of amides is 1. The van der Waals surface area contributed by atoms with Crippen LogP contribution in [0.2, 0.25) is 0 Å². The van der Waals surface area contributed by atoms with E-state index in [0.29, 0.717) is 37.6 Å². The van der Waals surface area contributed by atoms with Crippen LogP contribution in [0.15, 0.2) is 54.6 Å². The average Bonchev–Trinajstić information content (AvgIpc) is 3.18. The zero-order chi connectivity index (χ0) is 24.2. The van der Waals surface area contributed by atoms with Gasteiger partial charge in [0.2, 0.25) is 0 Å². The van der Waals surface area contributed by atoms with Crippen molar-refractivity contribution in [2.75, 3.05) is 11.9 Å². The van der Waals surface area contributed by atoms with Crippen molar-refractivity contribution in [2.24, 2.45) is 0 Å². The van der Waals surface area contributed by atoms with Crippen molar-refractivity contribution < 1.29 is 14.3 Å². The molecule has 2 heterocycles. The third-order valence-electron chi connectivity index (χ3n) is 5.57. The number of rotatable bonds is 6. The lowest BCUT2D eigenvalue weighted by Crippen LogP contribution is -2.13. The normalized spacial score (nSPS) is 10.6. The van der Waals surface area contributed by atoms with Crippen molar-refractivity contribution in [3.05, 3.63) is 81.7 Å². The lowest BCUT2D eigenvalue weighted by Gasteiger charge is -2.10. The molecule has 2 aromatic heterocycles. The van der Waals surface area contributed by atoms with E-state index in [0.717, 1.165) is 23.3 Å². The SMILES string of the molecule is CCOC(=O)c1sc(NC(=O)c2cc(-c3ccc(CC)cc3)nc3ccccc23)c(C#N)c1C. The Labute approximate surface area is 201 Å². The Balaban J connectivity index is 1.76. The van der Waals surface area contributed by atoms with E-state index < -0.39 is 5.97 Å². The summed E-state index contributed by atoms with van der Waals surface area (Å²) in [4.78, 5) is 30.8. The van der Waals surface area contributed by atoms with Gasteiger partial charge in [0.1, 0.15) is 15.9 Å². The average molecular weight is 470 g/mol. The first-order valence-corrected chi connectivity index (χ1v) is 11.8. The second kappa shape index (κ2) is 9.86. The van der Waals surface area contributed by atoms with E-state index in [-0.39, 0.29) is 18.1 Å². The van der Waals surface area contributed by atoms with Crippen LogP contribution in [0.25, 0.3) is 22.2 Å². The van der Waals surface area contributed by atoms with Crippen LogP contribution in [0.1, 0.15) is 50.6 Å². The summed E-state index contributed by atoms with van der Waals surface area (Å²) >= 11 is 1.05. The highest BCUT2D eigenvalue weighted by Gasteiger charge is 2.23. The van der Waals surface area contributed by atoms with Gasteiger partial charge in [0.25, 0.3) is 5.91 Å². The molecule has 0 fully saturated rings. The number of esters is 1. The molecule has 0 spiro atoms. The first kappa shape index (κ1) is 23.1. The summed E-state index contributed by atoms with van der Waals surface area (Å²) in [5.74, 6) is -0.882. The second-order valence-electron chi connectivity index (χ2n) is 7.67. The maximum absolute atomic E-state index is 13.4. The van der Waals surface area contributed by atoms with Crippen LogP contribution in [0.3, 0.4) is 0 Å². The molecule has 0 aliphatic rings. The maximum atomic E-state index is 13.4. The lowest BCUT2D eigenvalue weighted by atomic mass is 10.0. The van der Waals surface area contributed by atoms with E-state index in [9.17, 15) is 14.9 Å². The van der Waals surface area contributed by atoms with Crippen molar-refractivity contribution in [1.82, 2.24) is 4.98 Å². The van der Waals surface area contributed by atoms with Crippen LogP contribution in [0.4, 0.5) is 5.00 Å². The molecule has 0 radical (unpaired) electrons. The predicted molar refractivity (Wildman–Crippen MR) is 134 cm³/mol. The highest BCUT2D eigenvalue weighted by Crippen LogP contribution is 2.34. The smallest absolute Gasteiger partial charge is 0.348 e. The number of nitrogens with zero attached hydrogens (tertiary/aromatic N) is 2. The summed E-state index contributed by atoms with van der Waals surface area (Å²) in [5, 5.41) is 13.5. The minimum Gasteiger partial charge on any atom is -0.462 e. The third-order valence-corrected chi connectivity index (χ3v) is 6.75. The molecule has 2 aromatic carbocycles. The molecule has 1 amide bonds. The van der Waals surface area contributed by atoms with Gasteiger partial charge in [-0.25, -0.2) is 9.78 Å². The number of nitriles is 1. The molecule has 0 saturated carbocycles. The Morgan fingerprint density at radius 1 is 1.12 bits per heavy atom. The highest BCUT2D eigenvalue weighted by molar-refractivity contribution is 7.18. The van der Waals surface area contributed by atoms with Gasteiger partial charge in [-0.15, -0.1) is 11.3 Å². The molecule has 4 rings (SSSR count). The summed E-state index contributed by atoms with van der Waals surface area (Å²) < 4.78 is 5.09. The van der Waals surface area contributed by atoms with Crippen LogP contribution in [0, 0.1) is 18.3 Å². The standard InChI is InChI=1S/C27H23N3O3S/c1-4-17-10-12-18(13-11-17)23-14-20(19-8-6-7-9-22(19)29-23)25(31)30-26-21(15-28)16(3)24(34-26)27(32)33-5-2/h6-14H,4-5H2,1-3H3,(H,30,31). The number of nitrogens with one attached hydrogen (secondary N) is 1. The van der Waals surface area contributed by atoms with Gasteiger partial charge in [-0.05, 0) is 43.5 Å². The molecular weight excluding hydrogens is 446 g/mol. The number of pyridine rings is 1. The third kappa shape index (κ3) is 4.41. The van der Waals surface area contributed by atoms with E-state index in [1.807, 2.05) is 36.4 Å². The molecule has 0 unspecified atom stereocenters. The fourth-order valence-electron chi connectivity index (χ4n) is 3.72. The zero-order valence-electron chi connectivity index (χ0n) is 19.1. The summed E-state index contributed by atoms with van der Waals surface area (Å²) in [5.41, 5.74) is 4.70. The topological polar surface area (TPSA) is 92.1 Å². The van der Waals surface area contributed by atoms with Crippen LogP contribution in [-0.4, -0.2) is 23.5 Å². The summed E-state index contributed by atoms with van der Waals surface area (Å²) in [6.07, 6.45) is 0.939. The van der Waals surface area contributed by atoms with E-state index in [1.54, 1.807) is 19.9 Å². The first-order valence-electron chi connectivity index (χ1n) is 11.0. The minimum absolute atomic E-state index is 0.227. The van der Waals surface area contributed by atoms with Crippen LogP contribution in [-0.2, 0) is 11.2 Å². The number of thiophene rings is 1. The number of benzene rings is 2. The lowest BCUT2D eigenvalue weighted by molar-refractivity contribution is 0.0531. The molecule has 34 heavy (non-hydrogen) atoms. The van der Waals surface area contributed by atoms with Gasteiger partial charge in [-0.2, -0.15) is 5.26 Å². The van der Waals surface area contributed by atoms with Crippen LogP contribution >= 0.6 is 11.3 Å². The quantitative estimate of drug-likeness (QED) is 0.343. The van der Waals surface area contributed by atoms with E-state index >= 15 is 0 Å². The van der Waals surface area contributed by atoms with Gasteiger partial charge in [-0.3, -0.25) is 4.79 Å². The number of fused-ring (bicyclic) bond motifs is 1. The number of carbonyl (C=O) groups excluding carboxylic acids is 2. The van der Waals surface area contributed by atoms with E-state index in [2.05, 4.69) is 30.4 Å². The van der Waals surface area contributed by atoms with Gasteiger partial charge in [0.05, 0.1) is 28.9 Å². The first-order chi connectivity index (χ1) is 16.5. The molecule has 4 aromatic rings. The van der Waals surface area contributed by atoms with Crippen molar-refractivity contribution >= 4 is 39.1 Å². The van der Waals surface area contributed by atoms with Crippen LogP contribution in [0.5, 0.6) is 0 Å². The fourth-order valence-corrected chi connectivity index (χ4v) is 4.77. The maximum Gasteiger partial charge on any atom is 0.348 e. The van der Waals surface area contributed by atoms with E-state index in [1.165, 1.54) is 5.56 Å². The Morgan fingerprint density at radius 3 is 2.53 bits per heavy atom. The Hall–Kier alpha value is -4.02. The number of aromatic nitrogens is 1. The van der Waals surface area contributed by atoms with Crippen LogP contribution < -0.4 is 5.32 Å². The largest absolute Gasteiger partial charge is 0.462 e. The molecule has 0 aliphatic carbocycles. The number of ether oxygens (including phenoxy) is 1. The zero-order valence-corrected chi connectivity index (χ0v) is 20.0. The molecule has 6 nitrogen and oxygen atoms in total. The summed E-state index contributed by atoms with van der Waals surface area (Å²) in [6.45, 7) is 5.72. The van der Waals surface area contributed by atoms with E-state index in [4.69, 9.17) is 9.72 Å². The Bertz CT molecular complexity index is 1430. The molecule has 1 N–H and O–H groups in total. The molecule has 170 valence electrons. The van der Waals surface area contributed by atoms with Gasteiger partial charge >= 0.3 is 5.97 Å². The molecule has 7 heteroatoms. The summed E-state index contributed by atoms with van der Waals surface area (Å²) in [6, 6.07) is 19.4. The number of para-hydroxylation sites is 1. The monoisotopic (exact) mass is 469 g/mol. The van der Waals surface area contributed by atoms with Gasteiger partial charge in [0.15, 0.2) is 0 Å². The van der Waals surface area contributed by atoms with Gasteiger partial charge in [-0.1, -0.05) is 49.4 Å². The number of aryl methyl sites for hydroxylation is 1. The number of anilines is 1. The molecular formula is C27H23N3O3S. The predicted octanol–water partition coefficient (Wildman–Crippen LogP) is 6.13. The number of hydrogen-bond donors (Lipinski definition) is 1. The van der Waals surface area contributed by atoms with Gasteiger partial charge < -0.3 is 10.1 Å². The highest BCUT2D eigenvalue weighted by atomic mass is 32.1. The fraction of sp³-hybridized carbons (Fsp3) is 0.185. The Morgan fingerprint density at radius 2 is 1.85 bits per heavy atom. The molecule has 0 aliphatic heterocycles. The number of hydrogen-bond acceptors (Lipinski definition) is 6. The van der Waals surface area contributed by atoms with Crippen molar-refractivity contribution in [1.29, 1.82) is 5.26 Å². The van der Waals surface area contributed by atoms with Crippen molar-refractivity contribution in [3.8, 4) is 17.3 Å². The summed E-state index contributed by atoms with van der Waals surface area (Å²) in [7, 11) is 0. The molecule has 0 saturated heterocycles. The van der Waals surface area contributed by atoms with Crippen molar-refractivity contribution in [3.63, 3.8) is 0 Å². The minimum atomic E-state index is -0.505. The second-order valence-corrected chi connectivity index (χ2v) is 8.69. The van der Waals surface area contributed by atoms with Gasteiger partial charge in [0, 0.05) is 10.9 Å². The molecule has 0 atom stereocenters. The Kier molecular flexibility index (Phi) is 6.71. The molecule has 0 bridgehead atoms.